The van der Waals surface area contributed by atoms with Crippen molar-refractivity contribution >= 4 is 5.91 Å². The Balaban J connectivity index is 2.33. The Morgan fingerprint density at radius 3 is 2.94 bits per heavy atom. The largest absolute Gasteiger partial charge is 0.481 e. The number of nitrogens with two attached hydrogens (primary N) is 1. The van der Waals surface area contributed by atoms with Gasteiger partial charge in [-0.1, -0.05) is 6.92 Å². The summed E-state index contributed by atoms with van der Waals surface area (Å²) in [6.07, 6.45) is 1.32. The molecule has 0 aliphatic carbocycles. The van der Waals surface area contributed by atoms with E-state index in [9.17, 15) is 4.79 Å². The fourth-order valence-electron chi connectivity index (χ4n) is 1.56. The molecule has 0 saturated heterocycles. The lowest BCUT2D eigenvalue weighted by atomic mass is 10.1. The summed E-state index contributed by atoms with van der Waals surface area (Å²) in [4.78, 5) is 11.6. The van der Waals surface area contributed by atoms with E-state index in [4.69, 9.17) is 10.5 Å². The molecule has 0 bridgehead atoms. The minimum absolute atomic E-state index is 0.0277. The molecule has 0 aliphatic rings. The third-order valence-electron chi connectivity index (χ3n) is 2.83. The highest BCUT2D eigenvalue weighted by Crippen LogP contribution is 2.10. The molecule has 1 unspecified atom stereocenters. The first-order valence-corrected chi connectivity index (χ1v) is 6.10. The van der Waals surface area contributed by atoms with Gasteiger partial charge in [0.2, 0.25) is 11.8 Å². The van der Waals surface area contributed by atoms with Crippen molar-refractivity contribution in [2.75, 3.05) is 13.7 Å². The van der Waals surface area contributed by atoms with Crippen LogP contribution in [0.5, 0.6) is 5.88 Å². The first kappa shape index (κ1) is 14.5. The molecule has 6 heteroatoms. The number of aryl methyl sites for hydroxylation is 1. The number of carbonyl (C=O) groups excluding carboxylic acids is 1. The van der Waals surface area contributed by atoms with Crippen LogP contribution in [0.2, 0.25) is 0 Å². The van der Waals surface area contributed by atoms with Crippen molar-refractivity contribution in [2.45, 2.75) is 26.3 Å². The number of rotatable bonds is 7. The zero-order chi connectivity index (χ0) is 13.5. The van der Waals surface area contributed by atoms with Crippen LogP contribution in [0.4, 0.5) is 0 Å². The molecule has 3 N–H and O–H groups in total. The zero-order valence-corrected chi connectivity index (χ0v) is 11.3. The second-order valence-corrected chi connectivity index (χ2v) is 4.46. The van der Waals surface area contributed by atoms with E-state index in [2.05, 4.69) is 10.4 Å². The van der Waals surface area contributed by atoms with E-state index in [0.29, 0.717) is 31.3 Å². The van der Waals surface area contributed by atoms with E-state index in [1.54, 1.807) is 18.8 Å². The molecule has 102 valence electrons. The van der Waals surface area contributed by atoms with Crippen LogP contribution in [-0.2, 0) is 18.4 Å². The number of nitrogens with one attached hydrogen (secondary N) is 1. The summed E-state index contributed by atoms with van der Waals surface area (Å²) in [5.41, 5.74) is 6.29. The summed E-state index contributed by atoms with van der Waals surface area (Å²) in [6, 6.07) is 1.81. The van der Waals surface area contributed by atoms with Crippen molar-refractivity contribution in [2.24, 2.45) is 18.7 Å². The van der Waals surface area contributed by atoms with Crippen molar-refractivity contribution < 1.29 is 9.53 Å². The zero-order valence-electron chi connectivity index (χ0n) is 11.3. The number of aromatic nitrogens is 2. The Morgan fingerprint density at radius 2 is 2.39 bits per heavy atom. The molecule has 1 amide bonds. The number of amides is 1. The van der Waals surface area contributed by atoms with E-state index in [1.807, 2.05) is 13.0 Å². The quantitative estimate of drug-likeness (QED) is 0.739. The topological polar surface area (TPSA) is 82.2 Å². The van der Waals surface area contributed by atoms with Crippen LogP contribution in [0.1, 0.15) is 25.5 Å². The maximum Gasteiger partial charge on any atom is 0.220 e. The molecular formula is C12H22N4O2. The second kappa shape index (κ2) is 7.00. The molecule has 1 heterocycles. The number of hydrogen-bond donors (Lipinski definition) is 2. The molecular weight excluding hydrogens is 232 g/mol. The number of methoxy groups -OCH3 is 1. The van der Waals surface area contributed by atoms with Crippen molar-refractivity contribution in [3.63, 3.8) is 0 Å². The van der Waals surface area contributed by atoms with E-state index in [-0.39, 0.29) is 5.91 Å². The monoisotopic (exact) mass is 254 g/mol. The standard InChI is InChI=1S/C12H22N4O2/c1-9(7-13)4-5-11(17)14-8-10-6-12(18-3)16(2)15-10/h6,9H,4-5,7-8,13H2,1-3H3,(H,14,17). The van der Waals surface area contributed by atoms with Gasteiger partial charge in [-0.15, -0.1) is 0 Å². The van der Waals surface area contributed by atoms with Crippen molar-refractivity contribution in [1.82, 2.24) is 15.1 Å². The fourth-order valence-corrected chi connectivity index (χ4v) is 1.56. The molecule has 0 aromatic carbocycles. The number of ether oxygens (including phenoxy) is 1. The van der Waals surface area contributed by atoms with Crippen LogP contribution in [0.3, 0.4) is 0 Å². The maximum absolute atomic E-state index is 11.6. The Bertz CT molecular complexity index is 389. The van der Waals surface area contributed by atoms with Crippen LogP contribution in [0.25, 0.3) is 0 Å². The third kappa shape index (κ3) is 4.37. The van der Waals surface area contributed by atoms with Gasteiger partial charge in [-0.3, -0.25) is 4.79 Å². The smallest absolute Gasteiger partial charge is 0.220 e. The van der Waals surface area contributed by atoms with Crippen LogP contribution in [0.15, 0.2) is 6.07 Å². The van der Waals surface area contributed by atoms with Gasteiger partial charge in [0.15, 0.2) is 0 Å². The fraction of sp³-hybridized carbons (Fsp3) is 0.667. The second-order valence-electron chi connectivity index (χ2n) is 4.46. The van der Waals surface area contributed by atoms with Crippen LogP contribution in [0, 0.1) is 5.92 Å². The molecule has 1 aromatic heterocycles. The van der Waals surface area contributed by atoms with Crippen LogP contribution >= 0.6 is 0 Å². The molecule has 18 heavy (non-hydrogen) atoms. The lowest BCUT2D eigenvalue weighted by Gasteiger charge is -2.07. The van der Waals surface area contributed by atoms with Crippen molar-refractivity contribution in [1.29, 1.82) is 0 Å². The van der Waals surface area contributed by atoms with E-state index in [1.165, 1.54) is 0 Å². The Kier molecular flexibility index (Phi) is 5.64. The molecule has 0 spiro atoms. The molecule has 1 atom stereocenters. The van der Waals surface area contributed by atoms with E-state index in [0.717, 1.165) is 12.1 Å². The predicted molar refractivity (Wildman–Crippen MR) is 69.1 cm³/mol. The van der Waals surface area contributed by atoms with Gasteiger partial charge in [0.05, 0.1) is 19.3 Å². The Labute approximate surface area is 107 Å². The molecule has 6 nitrogen and oxygen atoms in total. The molecule has 0 fully saturated rings. The van der Waals surface area contributed by atoms with Crippen molar-refractivity contribution in [3.8, 4) is 5.88 Å². The average Bonchev–Trinajstić information content (AvgIpc) is 2.73. The summed E-state index contributed by atoms with van der Waals surface area (Å²) in [7, 11) is 3.39. The van der Waals surface area contributed by atoms with Crippen LogP contribution < -0.4 is 15.8 Å². The van der Waals surface area contributed by atoms with E-state index < -0.39 is 0 Å². The first-order valence-electron chi connectivity index (χ1n) is 6.10. The maximum atomic E-state index is 11.6. The molecule has 1 aromatic rings. The van der Waals surface area contributed by atoms with Gasteiger partial charge in [0, 0.05) is 19.5 Å². The summed E-state index contributed by atoms with van der Waals surface area (Å²) < 4.78 is 6.74. The summed E-state index contributed by atoms with van der Waals surface area (Å²) >= 11 is 0. The number of hydrogen-bond acceptors (Lipinski definition) is 4. The van der Waals surface area contributed by atoms with Crippen molar-refractivity contribution in [3.05, 3.63) is 11.8 Å². The van der Waals surface area contributed by atoms with Gasteiger partial charge >= 0.3 is 0 Å². The van der Waals surface area contributed by atoms with Gasteiger partial charge in [-0.25, -0.2) is 4.68 Å². The van der Waals surface area contributed by atoms with Gasteiger partial charge < -0.3 is 15.8 Å². The minimum atomic E-state index is 0.0277. The van der Waals surface area contributed by atoms with Gasteiger partial charge in [-0.05, 0) is 18.9 Å². The van der Waals surface area contributed by atoms with E-state index >= 15 is 0 Å². The lowest BCUT2D eigenvalue weighted by Crippen LogP contribution is -2.24. The molecule has 0 radical (unpaired) electrons. The van der Waals surface area contributed by atoms with Gasteiger partial charge in [-0.2, -0.15) is 5.10 Å². The molecule has 1 rings (SSSR count). The number of nitrogens with zero attached hydrogens (tertiary/aromatic N) is 2. The average molecular weight is 254 g/mol. The predicted octanol–water partition coefficient (Wildman–Crippen LogP) is 0.420. The molecule has 0 aliphatic heterocycles. The van der Waals surface area contributed by atoms with Gasteiger partial charge in [0.25, 0.3) is 0 Å². The summed E-state index contributed by atoms with van der Waals surface area (Å²) in [5.74, 6) is 1.08. The van der Waals surface area contributed by atoms with Gasteiger partial charge in [0.1, 0.15) is 0 Å². The Morgan fingerprint density at radius 1 is 1.67 bits per heavy atom. The first-order chi connectivity index (χ1) is 8.56. The number of carbonyl (C=O) groups is 1. The highest BCUT2D eigenvalue weighted by Gasteiger charge is 2.08. The highest BCUT2D eigenvalue weighted by molar-refractivity contribution is 5.75. The summed E-state index contributed by atoms with van der Waals surface area (Å²) in [5, 5.41) is 7.05. The SMILES string of the molecule is COc1cc(CNC(=O)CCC(C)CN)nn1C. The Hall–Kier alpha value is -1.56. The van der Waals surface area contributed by atoms with Crippen LogP contribution in [-0.4, -0.2) is 29.3 Å². The highest BCUT2D eigenvalue weighted by atomic mass is 16.5. The summed E-state index contributed by atoms with van der Waals surface area (Å²) in [6.45, 7) is 3.08. The minimum Gasteiger partial charge on any atom is -0.481 e. The third-order valence-corrected chi connectivity index (χ3v) is 2.83. The lowest BCUT2D eigenvalue weighted by molar-refractivity contribution is -0.121. The molecule has 0 saturated carbocycles. The normalized spacial score (nSPS) is 12.2.